The standard InChI is InChI=1S/C11H23NO/c1-5-10(6-2)11(13-4)8-12(7-3)9-11/h10H,5-9H2,1-4H3. The summed E-state index contributed by atoms with van der Waals surface area (Å²) >= 11 is 0. The lowest BCUT2D eigenvalue weighted by atomic mass is 9.77. The monoisotopic (exact) mass is 185 g/mol. The van der Waals surface area contributed by atoms with Crippen molar-refractivity contribution < 1.29 is 4.74 Å². The Morgan fingerprint density at radius 1 is 1.23 bits per heavy atom. The van der Waals surface area contributed by atoms with E-state index in [1.165, 1.54) is 12.8 Å². The number of rotatable bonds is 5. The summed E-state index contributed by atoms with van der Waals surface area (Å²) in [6.45, 7) is 10.2. The molecule has 0 N–H and O–H groups in total. The third kappa shape index (κ3) is 1.89. The highest BCUT2D eigenvalue weighted by Crippen LogP contribution is 2.35. The number of likely N-dealkylation sites (tertiary alicyclic amines) is 1. The summed E-state index contributed by atoms with van der Waals surface area (Å²) in [6, 6.07) is 0. The fourth-order valence-electron chi connectivity index (χ4n) is 2.52. The average Bonchev–Trinajstić information content (AvgIpc) is 2.10. The van der Waals surface area contributed by atoms with E-state index in [1.54, 1.807) is 0 Å². The van der Waals surface area contributed by atoms with E-state index in [0.29, 0.717) is 0 Å². The molecule has 0 saturated carbocycles. The van der Waals surface area contributed by atoms with Crippen LogP contribution in [0, 0.1) is 5.92 Å². The van der Waals surface area contributed by atoms with E-state index in [9.17, 15) is 0 Å². The summed E-state index contributed by atoms with van der Waals surface area (Å²) < 4.78 is 5.71. The minimum Gasteiger partial charge on any atom is -0.375 e. The van der Waals surface area contributed by atoms with Crippen LogP contribution in [-0.2, 0) is 4.74 Å². The van der Waals surface area contributed by atoms with Crippen LogP contribution >= 0.6 is 0 Å². The van der Waals surface area contributed by atoms with Crippen LogP contribution in [-0.4, -0.2) is 37.2 Å². The molecule has 2 heteroatoms. The molecule has 0 bridgehead atoms. The zero-order valence-corrected chi connectivity index (χ0v) is 9.47. The van der Waals surface area contributed by atoms with Gasteiger partial charge in [0.25, 0.3) is 0 Å². The van der Waals surface area contributed by atoms with Crippen molar-refractivity contribution in [2.24, 2.45) is 5.92 Å². The molecule has 2 nitrogen and oxygen atoms in total. The van der Waals surface area contributed by atoms with Gasteiger partial charge in [-0.25, -0.2) is 0 Å². The van der Waals surface area contributed by atoms with Crippen LogP contribution in [0.15, 0.2) is 0 Å². The van der Waals surface area contributed by atoms with Crippen molar-refractivity contribution in [3.63, 3.8) is 0 Å². The first-order chi connectivity index (χ1) is 6.22. The molecule has 0 unspecified atom stereocenters. The van der Waals surface area contributed by atoms with E-state index < -0.39 is 0 Å². The molecular formula is C11H23NO. The Hall–Kier alpha value is -0.0800. The maximum absolute atomic E-state index is 5.71. The van der Waals surface area contributed by atoms with Gasteiger partial charge in [-0.05, 0) is 12.5 Å². The predicted molar refractivity (Wildman–Crippen MR) is 55.9 cm³/mol. The molecule has 0 amide bonds. The van der Waals surface area contributed by atoms with Crippen molar-refractivity contribution in [2.75, 3.05) is 26.7 Å². The van der Waals surface area contributed by atoms with Gasteiger partial charge < -0.3 is 4.74 Å². The van der Waals surface area contributed by atoms with Gasteiger partial charge in [-0.3, -0.25) is 4.90 Å². The normalized spacial score (nSPS) is 21.9. The highest BCUT2D eigenvalue weighted by atomic mass is 16.5. The zero-order valence-electron chi connectivity index (χ0n) is 9.47. The maximum Gasteiger partial charge on any atom is 0.0958 e. The van der Waals surface area contributed by atoms with Crippen LogP contribution in [0.4, 0.5) is 0 Å². The van der Waals surface area contributed by atoms with E-state index in [1.807, 2.05) is 7.11 Å². The molecule has 1 fully saturated rings. The minimum absolute atomic E-state index is 0.180. The van der Waals surface area contributed by atoms with Gasteiger partial charge in [0.15, 0.2) is 0 Å². The van der Waals surface area contributed by atoms with E-state index in [4.69, 9.17) is 4.74 Å². The molecule has 0 radical (unpaired) electrons. The highest BCUT2D eigenvalue weighted by Gasteiger charge is 2.46. The fraction of sp³-hybridized carbons (Fsp3) is 1.00. The van der Waals surface area contributed by atoms with Crippen molar-refractivity contribution >= 4 is 0 Å². The summed E-state index contributed by atoms with van der Waals surface area (Å²) in [7, 11) is 1.87. The molecule has 0 aliphatic carbocycles. The molecule has 1 saturated heterocycles. The van der Waals surface area contributed by atoms with E-state index in [0.717, 1.165) is 25.6 Å². The summed E-state index contributed by atoms with van der Waals surface area (Å²) in [6.07, 6.45) is 2.48. The van der Waals surface area contributed by atoms with Crippen LogP contribution < -0.4 is 0 Å². The van der Waals surface area contributed by atoms with Gasteiger partial charge in [-0.1, -0.05) is 33.6 Å². The van der Waals surface area contributed by atoms with Crippen molar-refractivity contribution in [3.05, 3.63) is 0 Å². The number of likely N-dealkylation sites (N-methyl/N-ethyl adjacent to an activating group) is 1. The van der Waals surface area contributed by atoms with Crippen LogP contribution in [0.25, 0.3) is 0 Å². The molecule has 0 aromatic heterocycles. The van der Waals surface area contributed by atoms with Crippen LogP contribution in [0.5, 0.6) is 0 Å². The van der Waals surface area contributed by atoms with Gasteiger partial charge >= 0.3 is 0 Å². The average molecular weight is 185 g/mol. The summed E-state index contributed by atoms with van der Waals surface area (Å²) in [5, 5.41) is 0. The molecule has 0 spiro atoms. The lowest BCUT2D eigenvalue weighted by Gasteiger charge is -2.53. The van der Waals surface area contributed by atoms with Crippen LogP contribution in [0.1, 0.15) is 33.6 Å². The molecule has 1 aliphatic rings. The Kier molecular flexibility index (Phi) is 3.74. The second-order valence-electron chi connectivity index (χ2n) is 4.09. The van der Waals surface area contributed by atoms with Gasteiger partial charge in [0.2, 0.25) is 0 Å². The Morgan fingerprint density at radius 2 is 1.77 bits per heavy atom. The number of hydrogen-bond acceptors (Lipinski definition) is 2. The largest absolute Gasteiger partial charge is 0.375 e. The Morgan fingerprint density at radius 3 is 2.08 bits per heavy atom. The van der Waals surface area contributed by atoms with E-state index in [2.05, 4.69) is 25.7 Å². The third-order valence-corrected chi connectivity index (χ3v) is 3.57. The first-order valence-electron chi connectivity index (χ1n) is 5.49. The van der Waals surface area contributed by atoms with Crippen molar-refractivity contribution in [3.8, 4) is 0 Å². The smallest absolute Gasteiger partial charge is 0.0958 e. The highest BCUT2D eigenvalue weighted by molar-refractivity contribution is 5.00. The second-order valence-corrected chi connectivity index (χ2v) is 4.09. The lowest BCUT2D eigenvalue weighted by Crippen LogP contribution is -2.66. The molecule has 0 aromatic rings. The second kappa shape index (κ2) is 4.43. The van der Waals surface area contributed by atoms with Gasteiger partial charge in [0.1, 0.15) is 0 Å². The molecule has 1 heterocycles. The van der Waals surface area contributed by atoms with Crippen molar-refractivity contribution in [1.29, 1.82) is 0 Å². The molecule has 1 aliphatic heterocycles. The van der Waals surface area contributed by atoms with E-state index >= 15 is 0 Å². The lowest BCUT2D eigenvalue weighted by molar-refractivity contribution is -0.159. The summed E-state index contributed by atoms with van der Waals surface area (Å²) in [5.41, 5.74) is 0.180. The molecule has 13 heavy (non-hydrogen) atoms. The quantitative estimate of drug-likeness (QED) is 0.650. The van der Waals surface area contributed by atoms with Crippen LogP contribution in [0.2, 0.25) is 0 Å². The molecular weight excluding hydrogens is 162 g/mol. The van der Waals surface area contributed by atoms with Crippen LogP contribution in [0.3, 0.4) is 0 Å². The molecule has 0 aromatic carbocycles. The Balaban J connectivity index is 2.52. The Labute approximate surface area is 82.3 Å². The molecule has 0 atom stereocenters. The van der Waals surface area contributed by atoms with Crippen molar-refractivity contribution in [2.45, 2.75) is 39.2 Å². The first-order valence-corrected chi connectivity index (χ1v) is 5.49. The predicted octanol–water partition coefficient (Wildman–Crippen LogP) is 2.14. The Bertz CT molecular complexity index is 148. The van der Waals surface area contributed by atoms with Gasteiger partial charge in [-0.15, -0.1) is 0 Å². The van der Waals surface area contributed by atoms with E-state index in [-0.39, 0.29) is 5.60 Å². The molecule has 1 rings (SSSR count). The third-order valence-electron chi connectivity index (χ3n) is 3.57. The van der Waals surface area contributed by atoms with Crippen molar-refractivity contribution in [1.82, 2.24) is 4.90 Å². The topological polar surface area (TPSA) is 12.5 Å². The number of methoxy groups -OCH3 is 1. The van der Waals surface area contributed by atoms with Gasteiger partial charge in [0.05, 0.1) is 5.60 Å². The van der Waals surface area contributed by atoms with Gasteiger partial charge in [0, 0.05) is 20.2 Å². The summed E-state index contributed by atoms with van der Waals surface area (Å²) in [4.78, 5) is 2.45. The van der Waals surface area contributed by atoms with Gasteiger partial charge in [-0.2, -0.15) is 0 Å². The summed E-state index contributed by atoms with van der Waals surface area (Å²) in [5.74, 6) is 0.736. The first kappa shape index (κ1) is 11.0. The minimum atomic E-state index is 0.180. The fourth-order valence-corrected chi connectivity index (χ4v) is 2.52. The maximum atomic E-state index is 5.71. The zero-order chi connectivity index (χ0) is 9.90. The SMILES string of the molecule is CCC(CC)C1(OC)CN(CC)C1. The number of hydrogen-bond donors (Lipinski definition) is 0. The number of nitrogens with zero attached hydrogens (tertiary/aromatic N) is 1. The molecule has 78 valence electrons. The number of ether oxygens (including phenoxy) is 1.